The number of aliphatic hydroxyl groups excluding tert-OH is 2. The summed E-state index contributed by atoms with van der Waals surface area (Å²) in [6.45, 7) is 8.81. The van der Waals surface area contributed by atoms with E-state index in [9.17, 15) is 34.8 Å². The van der Waals surface area contributed by atoms with Gasteiger partial charge >= 0.3 is 43.7 Å². The molecule has 1 amide bonds. The van der Waals surface area contributed by atoms with Gasteiger partial charge < -0.3 is 40.6 Å². The number of aliphatic imine (C=N–C) groups is 1. The Labute approximate surface area is 287 Å². The maximum absolute atomic E-state index is 11.6. The SMILES string of the molecule is CCCC/C=C/CC(=O)NCCN(CC(=O)O)CC(C)O.CCCC/C=C/CC([O-])=NCCN(CC(=O)[O-])CC(C)O.[Ca+2]. The molecule has 0 bridgehead atoms. The number of carbonyl (C=O) groups excluding carboxylic acids is 2. The van der Waals surface area contributed by atoms with Gasteiger partial charge in [-0.2, -0.15) is 0 Å². The fourth-order valence-corrected chi connectivity index (χ4v) is 3.65. The van der Waals surface area contributed by atoms with Crippen molar-refractivity contribution in [3.05, 3.63) is 24.3 Å². The average molecular weight is 639 g/mol. The predicted molar refractivity (Wildman–Crippen MR) is 167 cm³/mol. The van der Waals surface area contributed by atoms with Crippen molar-refractivity contribution in [2.24, 2.45) is 4.99 Å². The van der Waals surface area contributed by atoms with Crippen molar-refractivity contribution in [2.45, 2.75) is 91.3 Å². The molecule has 0 spiro atoms. The summed E-state index contributed by atoms with van der Waals surface area (Å²) in [6.07, 6.45) is 13.5. The minimum absolute atomic E-state index is 0. The number of rotatable bonds is 24. The first-order valence-corrected chi connectivity index (χ1v) is 14.9. The molecule has 12 nitrogen and oxygen atoms in total. The van der Waals surface area contributed by atoms with Crippen molar-refractivity contribution in [2.75, 3.05) is 52.4 Å². The molecule has 0 aliphatic carbocycles. The van der Waals surface area contributed by atoms with Crippen LogP contribution >= 0.6 is 0 Å². The molecule has 4 N–H and O–H groups in total. The fourth-order valence-electron chi connectivity index (χ4n) is 3.65. The summed E-state index contributed by atoms with van der Waals surface area (Å²) in [4.78, 5) is 39.8. The molecule has 0 heterocycles. The van der Waals surface area contributed by atoms with Gasteiger partial charge in [-0.05, 0) is 39.0 Å². The molecule has 0 radical (unpaired) electrons. The van der Waals surface area contributed by atoms with Gasteiger partial charge in [-0.1, -0.05) is 63.8 Å². The van der Waals surface area contributed by atoms with E-state index in [0.717, 1.165) is 38.5 Å². The van der Waals surface area contributed by atoms with Crippen LogP contribution in [0.15, 0.2) is 29.3 Å². The molecular formula is C30H54CaN4O8. The zero-order valence-electron chi connectivity index (χ0n) is 26.7. The number of carboxylic acids is 2. The molecular weight excluding hydrogens is 584 g/mol. The summed E-state index contributed by atoms with van der Waals surface area (Å²) >= 11 is 0. The van der Waals surface area contributed by atoms with E-state index in [2.05, 4.69) is 24.2 Å². The molecule has 43 heavy (non-hydrogen) atoms. The molecule has 0 saturated heterocycles. The third-order valence-corrected chi connectivity index (χ3v) is 5.59. The minimum atomic E-state index is -1.21. The molecule has 0 aromatic heterocycles. The molecule has 0 aliphatic heterocycles. The second-order valence-corrected chi connectivity index (χ2v) is 10.2. The molecule has 2 unspecified atom stereocenters. The van der Waals surface area contributed by atoms with Gasteiger partial charge in [-0.15, -0.1) is 0 Å². The van der Waals surface area contributed by atoms with Gasteiger partial charge in [0.15, 0.2) is 0 Å². The summed E-state index contributed by atoms with van der Waals surface area (Å²) < 4.78 is 0. The number of amides is 1. The second kappa shape index (κ2) is 31.9. The van der Waals surface area contributed by atoms with E-state index in [1.54, 1.807) is 18.7 Å². The minimum Gasteiger partial charge on any atom is -0.862 e. The maximum atomic E-state index is 11.6. The predicted octanol–water partition coefficient (Wildman–Crippen LogP) is -0.0599. The van der Waals surface area contributed by atoms with Gasteiger partial charge in [-0.25, -0.2) is 0 Å². The molecule has 0 aliphatic rings. The first kappa shape index (κ1) is 45.9. The zero-order valence-corrected chi connectivity index (χ0v) is 28.9. The van der Waals surface area contributed by atoms with Crippen LogP contribution in [-0.2, 0) is 14.4 Å². The number of nitrogens with one attached hydrogen (secondary N) is 1. The molecule has 2 atom stereocenters. The average Bonchev–Trinajstić information content (AvgIpc) is 2.87. The normalized spacial score (nSPS) is 13.1. The zero-order chi connectivity index (χ0) is 32.2. The van der Waals surface area contributed by atoms with E-state index in [0.29, 0.717) is 26.1 Å². The Balaban J connectivity index is -0.000000727. The Morgan fingerprint density at radius 2 is 1.35 bits per heavy atom. The molecule has 244 valence electrons. The molecule has 0 saturated carbocycles. The monoisotopic (exact) mass is 638 g/mol. The van der Waals surface area contributed by atoms with Crippen LogP contribution in [0.5, 0.6) is 0 Å². The molecule has 0 fully saturated rings. The van der Waals surface area contributed by atoms with Crippen molar-refractivity contribution in [3.8, 4) is 0 Å². The third kappa shape index (κ3) is 36.6. The van der Waals surface area contributed by atoms with E-state index in [4.69, 9.17) is 5.11 Å². The largest absolute Gasteiger partial charge is 2.00 e. The Morgan fingerprint density at radius 3 is 1.81 bits per heavy atom. The summed E-state index contributed by atoms with van der Waals surface area (Å²) in [7, 11) is 0. The number of aliphatic carboxylic acids is 2. The maximum Gasteiger partial charge on any atom is 2.00 e. The molecule has 0 aromatic rings. The number of hydrogen-bond acceptors (Lipinski definition) is 10. The van der Waals surface area contributed by atoms with Crippen molar-refractivity contribution < 1.29 is 39.9 Å². The van der Waals surface area contributed by atoms with E-state index in [1.165, 1.54) is 4.90 Å². The van der Waals surface area contributed by atoms with Gasteiger partial charge in [0.25, 0.3) is 0 Å². The van der Waals surface area contributed by atoms with E-state index in [1.807, 2.05) is 24.3 Å². The number of aliphatic hydroxyl groups is 2. The summed E-state index contributed by atoms with van der Waals surface area (Å²) in [5.41, 5.74) is 0. The second-order valence-electron chi connectivity index (χ2n) is 10.2. The number of nitrogens with zero attached hydrogens (tertiary/aromatic N) is 3. The van der Waals surface area contributed by atoms with Crippen molar-refractivity contribution in [3.63, 3.8) is 0 Å². The molecule has 0 aromatic carbocycles. The van der Waals surface area contributed by atoms with Crippen LogP contribution < -0.4 is 15.5 Å². The van der Waals surface area contributed by atoms with Crippen molar-refractivity contribution in [1.82, 2.24) is 15.1 Å². The van der Waals surface area contributed by atoms with Gasteiger partial charge in [0.1, 0.15) is 0 Å². The van der Waals surface area contributed by atoms with Crippen LogP contribution in [0.4, 0.5) is 0 Å². The van der Waals surface area contributed by atoms with Crippen LogP contribution in [0, 0.1) is 0 Å². The Bertz CT molecular complexity index is 807. The smallest absolute Gasteiger partial charge is 0.862 e. The molecule has 13 heteroatoms. The quantitative estimate of drug-likeness (QED) is 0.0367. The number of carbonyl (C=O) groups is 3. The standard InChI is InChI=1S/2C15H28N2O4.Ca/c2*1-3-4-5-6-7-8-14(19)16-9-10-17(11-13(2)18)12-15(20)21;/h2*6-7,13,18H,3-5,8-12H2,1-2H3,(H,16,19)(H,20,21);/q;;+2/p-2/b2*7-6+;. The Kier molecular flexibility index (Phi) is 34.0. The first-order valence-electron chi connectivity index (χ1n) is 14.9. The van der Waals surface area contributed by atoms with Gasteiger partial charge in [0.2, 0.25) is 5.91 Å². The number of allylic oxidation sites excluding steroid dienone is 2. The van der Waals surface area contributed by atoms with Crippen LogP contribution in [0.3, 0.4) is 0 Å². The third-order valence-electron chi connectivity index (χ3n) is 5.59. The number of hydrogen-bond donors (Lipinski definition) is 4. The topological polar surface area (TPSA) is 189 Å². The van der Waals surface area contributed by atoms with Crippen molar-refractivity contribution in [1.29, 1.82) is 0 Å². The first-order chi connectivity index (χ1) is 19.9. The van der Waals surface area contributed by atoms with Crippen LogP contribution in [0.2, 0.25) is 0 Å². The van der Waals surface area contributed by atoms with Crippen molar-refractivity contribution >= 4 is 61.5 Å². The van der Waals surface area contributed by atoms with Gasteiger partial charge in [0.05, 0.1) is 31.3 Å². The molecule has 0 rings (SSSR count). The summed E-state index contributed by atoms with van der Waals surface area (Å²) in [6, 6.07) is 0. The Morgan fingerprint density at radius 1 is 0.837 bits per heavy atom. The Hall–Kier alpha value is -1.54. The number of carboxylic acid groups (broad SMARTS) is 2. The van der Waals surface area contributed by atoms with E-state index >= 15 is 0 Å². The van der Waals surface area contributed by atoms with E-state index < -0.39 is 24.1 Å². The summed E-state index contributed by atoms with van der Waals surface area (Å²) in [5, 5.41) is 52.1. The van der Waals surface area contributed by atoms with Crippen LogP contribution in [-0.4, -0.2) is 151 Å². The van der Waals surface area contributed by atoms with Crippen LogP contribution in [0.25, 0.3) is 0 Å². The number of unbranched alkanes of at least 4 members (excludes halogenated alkanes) is 4. The summed E-state index contributed by atoms with van der Waals surface area (Å²) in [5.74, 6) is -2.44. The fraction of sp³-hybridized carbons (Fsp3) is 0.733. The van der Waals surface area contributed by atoms with E-state index in [-0.39, 0.29) is 88.7 Å². The van der Waals surface area contributed by atoms with Gasteiger partial charge in [0, 0.05) is 45.7 Å². The van der Waals surface area contributed by atoms with Gasteiger partial charge in [-0.3, -0.25) is 19.4 Å². The van der Waals surface area contributed by atoms with Crippen LogP contribution in [0.1, 0.15) is 79.1 Å².